The maximum Gasteiger partial charge on any atom is 0.335 e. The Kier molecular flexibility index (Phi) is 7.44. The monoisotopic (exact) mass is 266 g/mol. The molecule has 18 heavy (non-hydrogen) atoms. The zero-order valence-corrected chi connectivity index (χ0v) is 12.6. The quantitative estimate of drug-likeness (QED) is 0.781. The van der Waals surface area contributed by atoms with Crippen molar-refractivity contribution >= 4 is 17.7 Å². The predicted octanol–water partition coefficient (Wildman–Crippen LogP) is 4.98. The molecule has 0 radical (unpaired) electrons. The summed E-state index contributed by atoms with van der Waals surface area (Å²) >= 11 is 1.55. The molecule has 1 rings (SSSR count). The zero-order chi connectivity index (χ0) is 14.3. The van der Waals surface area contributed by atoms with Gasteiger partial charge in [-0.05, 0) is 35.4 Å². The Bertz CT molecular complexity index is 423. The molecule has 0 saturated heterocycles. The molecular formula is C15H22O2S. The molecule has 0 aliphatic carbocycles. The minimum Gasteiger partial charge on any atom is -0.478 e. The van der Waals surface area contributed by atoms with E-state index in [-0.39, 0.29) is 0 Å². The SMILES string of the molecule is C=C(Sc1cc(C(=O)O)ccc1C)C(C)C.CC. The number of rotatable bonds is 4. The van der Waals surface area contributed by atoms with Gasteiger partial charge in [0.2, 0.25) is 0 Å². The first-order chi connectivity index (χ1) is 8.41. The number of carboxylic acids is 1. The molecule has 1 aromatic rings. The highest BCUT2D eigenvalue weighted by Crippen LogP contribution is 2.33. The standard InChI is InChI=1S/C13H16O2S.C2H6/c1-8(2)10(4)16-12-7-11(13(14)15)6-5-9(12)3;1-2/h5-8H,4H2,1-3H3,(H,14,15);1-2H3. The average Bonchev–Trinajstić information content (AvgIpc) is 2.34. The van der Waals surface area contributed by atoms with Crippen molar-refractivity contribution in [3.8, 4) is 0 Å². The van der Waals surface area contributed by atoms with Crippen LogP contribution in [0.2, 0.25) is 0 Å². The Hall–Kier alpha value is -1.22. The second kappa shape index (κ2) is 7.98. The number of allylic oxidation sites excluding steroid dienone is 1. The topological polar surface area (TPSA) is 37.3 Å². The van der Waals surface area contributed by atoms with Gasteiger partial charge in [-0.1, -0.05) is 52.1 Å². The van der Waals surface area contributed by atoms with Gasteiger partial charge in [0.05, 0.1) is 5.56 Å². The highest BCUT2D eigenvalue weighted by atomic mass is 32.2. The van der Waals surface area contributed by atoms with Crippen molar-refractivity contribution in [2.45, 2.75) is 39.5 Å². The van der Waals surface area contributed by atoms with Gasteiger partial charge >= 0.3 is 5.97 Å². The second-order valence-electron chi connectivity index (χ2n) is 4.01. The Morgan fingerprint density at radius 1 is 1.33 bits per heavy atom. The van der Waals surface area contributed by atoms with Crippen LogP contribution in [0.4, 0.5) is 0 Å². The van der Waals surface area contributed by atoms with Crippen molar-refractivity contribution in [2.24, 2.45) is 5.92 Å². The number of carbonyl (C=O) groups is 1. The third-order valence-electron chi connectivity index (χ3n) is 2.32. The molecule has 0 unspecified atom stereocenters. The van der Waals surface area contributed by atoms with Crippen LogP contribution in [0.1, 0.15) is 43.6 Å². The van der Waals surface area contributed by atoms with Crippen molar-refractivity contribution in [3.63, 3.8) is 0 Å². The van der Waals surface area contributed by atoms with Crippen molar-refractivity contribution < 1.29 is 9.90 Å². The van der Waals surface area contributed by atoms with Gasteiger partial charge in [-0.2, -0.15) is 0 Å². The van der Waals surface area contributed by atoms with Gasteiger partial charge in [-0.15, -0.1) is 0 Å². The van der Waals surface area contributed by atoms with E-state index < -0.39 is 5.97 Å². The smallest absolute Gasteiger partial charge is 0.335 e. The van der Waals surface area contributed by atoms with Gasteiger partial charge in [0.25, 0.3) is 0 Å². The molecule has 0 saturated carbocycles. The number of hydrogen-bond donors (Lipinski definition) is 1. The minimum absolute atomic E-state index is 0.324. The molecule has 0 aromatic heterocycles. The van der Waals surface area contributed by atoms with Crippen molar-refractivity contribution in [1.29, 1.82) is 0 Å². The van der Waals surface area contributed by atoms with E-state index in [0.717, 1.165) is 15.4 Å². The van der Waals surface area contributed by atoms with Gasteiger partial charge in [0.1, 0.15) is 0 Å². The number of hydrogen-bond acceptors (Lipinski definition) is 2. The molecule has 0 spiro atoms. The Labute approximate surface area is 114 Å². The second-order valence-corrected chi connectivity index (χ2v) is 5.18. The lowest BCUT2D eigenvalue weighted by molar-refractivity contribution is 0.0696. The van der Waals surface area contributed by atoms with E-state index in [1.165, 1.54) is 0 Å². The summed E-state index contributed by atoms with van der Waals surface area (Å²) in [4.78, 5) is 12.9. The van der Waals surface area contributed by atoms with Crippen LogP contribution in [0.25, 0.3) is 0 Å². The first kappa shape index (κ1) is 16.8. The maximum absolute atomic E-state index is 10.9. The molecule has 0 amide bonds. The van der Waals surface area contributed by atoms with E-state index in [4.69, 9.17) is 5.11 Å². The fourth-order valence-electron chi connectivity index (χ4n) is 1.10. The van der Waals surface area contributed by atoms with Crippen LogP contribution >= 0.6 is 11.8 Å². The van der Waals surface area contributed by atoms with Crippen LogP contribution in [0, 0.1) is 12.8 Å². The molecule has 0 atom stereocenters. The first-order valence-corrected chi connectivity index (χ1v) is 6.94. The average molecular weight is 266 g/mol. The molecule has 3 heteroatoms. The molecule has 0 fully saturated rings. The summed E-state index contributed by atoms with van der Waals surface area (Å²) in [6.45, 7) is 14.1. The molecule has 0 bridgehead atoms. The number of thioether (sulfide) groups is 1. The third kappa shape index (κ3) is 4.96. The van der Waals surface area contributed by atoms with Gasteiger partial charge in [-0.25, -0.2) is 4.79 Å². The molecule has 0 heterocycles. The summed E-state index contributed by atoms with van der Waals surface area (Å²) in [6, 6.07) is 5.16. The van der Waals surface area contributed by atoms with Crippen LogP contribution in [0.3, 0.4) is 0 Å². The Morgan fingerprint density at radius 3 is 2.33 bits per heavy atom. The van der Waals surface area contributed by atoms with Crippen molar-refractivity contribution in [2.75, 3.05) is 0 Å². The normalized spacial score (nSPS) is 9.67. The lowest BCUT2D eigenvalue weighted by Crippen LogP contribution is -1.97. The summed E-state index contributed by atoms with van der Waals surface area (Å²) in [5, 5.41) is 8.91. The van der Waals surface area contributed by atoms with Crippen LogP contribution < -0.4 is 0 Å². The lowest BCUT2D eigenvalue weighted by atomic mass is 10.1. The number of aromatic carboxylic acids is 1. The summed E-state index contributed by atoms with van der Waals surface area (Å²) in [6.07, 6.45) is 0. The van der Waals surface area contributed by atoms with Crippen molar-refractivity contribution in [1.82, 2.24) is 0 Å². The summed E-state index contributed by atoms with van der Waals surface area (Å²) in [5.74, 6) is -0.505. The van der Waals surface area contributed by atoms with Gasteiger partial charge in [0, 0.05) is 4.90 Å². The Morgan fingerprint density at radius 2 is 1.89 bits per heavy atom. The molecule has 1 aromatic carbocycles. The van der Waals surface area contributed by atoms with E-state index in [1.807, 2.05) is 26.8 Å². The van der Waals surface area contributed by atoms with E-state index >= 15 is 0 Å². The molecule has 1 N–H and O–H groups in total. The van der Waals surface area contributed by atoms with Gasteiger partial charge in [0.15, 0.2) is 0 Å². The van der Waals surface area contributed by atoms with Gasteiger partial charge < -0.3 is 5.11 Å². The highest BCUT2D eigenvalue weighted by molar-refractivity contribution is 8.03. The minimum atomic E-state index is -0.892. The summed E-state index contributed by atoms with van der Waals surface area (Å²) in [7, 11) is 0. The van der Waals surface area contributed by atoms with Crippen molar-refractivity contribution in [3.05, 3.63) is 40.8 Å². The van der Waals surface area contributed by atoms with E-state index in [1.54, 1.807) is 23.9 Å². The fraction of sp³-hybridized carbons (Fsp3) is 0.400. The van der Waals surface area contributed by atoms with E-state index in [0.29, 0.717) is 11.5 Å². The number of carboxylic acid groups (broad SMARTS) is 1. The van der Waals surface area contributed by atoms with Crippen LogP contribution in [0.15, 0.2) is 34.6 Å². The molecular weight excluding hydrogens is 244 g/mol. The highest BCUT2D eigenvalue weighted by Gasteiger charge is 2.09. The van der Waals surface area contributed by atoms with Crippen LogP contribution in [-0.2, 0) is 0 Å². The zero-order valence-electron chi connectivity index (χ0n) is 11.8. The first-order valence-electron chi connectivity index (χ1n) is 6.12. The summed E-state index contributed by atoms with van der Waals surface area (Å²) in [5.41, 5.74) is 1.40. The molecule has 0 aliphatic heterocycles. The Balaban J connectivity index is 0.00000137. The maximum atomic E-state index is 10.9. The lowest BCUT2D eigenvalue weighted by Gasteiger charge is -2.11. The van der Waals surface area contributed by atoms with Crippen LogP contribution in [-0.4, -0.2) is 11.1 Å². The predicted molar refractivity (Wildman–Crippen MR) is 79.3 cm³/mol. The molecule has 100 valence electrons. The fourth-order valence-corrected chi connectivity index (χ4v) is 2.04. The van der Waals surface area contributed by atoms with Crippen LogP contribution in [0.5, 0.6) is 0 Å². The molecule has 2 nitrogen and oxygen atoms in total. The largest absolute Gasteiger partial charge is 0.478 e. The molecule has 0 aliphatic rings. The van der Waals surface area contributed by atoms with E-state index in [2.05, 4.69) is 20.4 Å². The van der Waals surface area contributed by atoms with E-state index in [9.17, 15) is 4.79 Å². The number of benzene rings is 1. The summed E-state index contributed by atoms with van der Waals surface area (Å²) < 4.78 is 0. The number of aryl methyl sites for hydroxylation is 1. The van der Waals surface area contributed by atoms with Gasteiger partial charge in [-0.3, -0.25) is 0 Å². The third-order valence-corrected chi connectivity index (χ3v) is 3.71.